The van der Waals surface area contributed by atoms with Crippen LogP contribution in [0, 0.1) is 0 Å². The second kappa shape index (κ2) is 17.3. The summed E-state index contributed by atoms with van der Waals surface area (Å²) in [7, 11) is 4.45. The van der Waals surface area contributed by atoms with Gasteiger partial charge in [0.2, 0.25) is 0 Å². The van der Waals surface area contributed by atoms with E-state index >= 15 is 0 Å². The second-order valence-electron chi connectivity index (χ2n) is 3.65. The topological polar surface area (TPSA) is 66.4 Å². The van der Waals surface area contributed by atoms with E-state index in [1.807, 2.05) is 31.6 Å². The Bertz CT molecular complexity index is 314. The first-order valence-electron chi connectivity index (χ1n) is 7.38. The number of rotatable bonds is 12. The Hall–Kier alpha value is 0.507. The summed E-state index contributed by atoms with van der Waals surface area (Å²) in [6, 6.07) is 1.72. The van der Waals surface area contributed by atoms with Crippen LogP contribution in [0.15, 0.2) is 18.5 Å². The Labute approximate surface area is 155 Å². The summed E-state index contributed by atoms with van der Waals surface area (Å²) in [5.74, 6) is 1.17. The lowest BCUT2D eigenvalue weighted by atomic mass is 10.6. The summed E-state index contributed by atoms with van der Waals surface area (Å²) in [6.45, 7) is 10.0. The van der Waals surface area contributed by atoms with Gasteiger partial charge in [-0.15, -0.1) is 10.2 Å². The minimum atomic E-state index is -2.51. The van der Waals surface area contributed by atoms with Gasteiger partial charge in [-0.05, 0) is 68.4 Å². The van der Waals surface area contributed by atoms with Crippen LogP contribution in [-0.2, 0) is 13.3 Å². The zero-order valence-electron chi connectivity index (χ0n) is 14.0. The second-order valence-corrected chi connectivity index (χ2v) is 14.1. The number of nitrogens with zero attached hydrogens (tertiary/aromatic N) is 3. The molecular weight excluding hydrogens is 391 g/mol. The van der Waals surface area contributed by atoms with E-state index in [2.05, 4.69) is 22.3 Å². The van der Waals surface area contributed by atoms with E-state index in [4.69, 9.17) is 13.3 Å². The molecule has 0 saturated heterocycles. The summed E-state index contributed by atoms with van der Waals surface area (Å²) in [4.78, 5) is 0. The Morgan fingerprint density at radius 3 is 1.78 bits per heavy atom. The highest BCUT2D eigenvalue weighted by Gasteiger charge is 2.43. The van der Waals surface area contributed by atoms with E-state index in [9.17, 15) is 0 Å². The highest BCUT2D eigenvalue weighted by Crippen LogP contribution is 2.48. The molecule has 1 aromatic heterocycles. The maximum Gasteiger partial charge on any atom is 0.585 e. The van der Waals surface area contributed by atoms with Crippen LogP contribution in [0.4, 0.5) is 0 Å². The van der Waals surface area contributed by atoms with Crippen molar-refractivity contribution in [1.82, 2.24) is 15.4 Å². The van der Waals surface area contributed by atoms with Crippen LogP contribution in [0.5, 0.6) is 0 Å². The average Bonchev–Trinajstić information content (AvgIpc) is 2.58. The molecule has 1 heterocycles. The van der Waals surface area contributed by atoms with Crippen LogP contribution in [0.3, 0.4) is 0 Å². The fourth-order valence-corrected chi connectivity index (χ4v) is 15.2. The van der Waals surface area contributed by atoms with Gasteiger partial charge in [0, 0.05) is 25.6 Å². The molecule has 0 spiro atoms. The Morgan fingerprint density at radius 1 is 0.870 bits per heavy atom. The van der Waals surface area contributed by atoms with E-state index in [1.165, 1.54) is 12.2 Å². The van der Waals surface area contributed by atoms with Gasteiger partial charge in [0.15, 0.2) is 0 Å². The van der Waals surface area contributed by atoms with Gasteiger partial charge in [-0.3, -0.25) is 0 Å². The molecule has 0 saturated carbocycles. The molecule has 134 valence electrons. The van der Waals surface area contributed by atoms with Gasteiger partial charge < -0.3 is 13.3 Å². The van der Waals surface area contributed by atoms with E-state index in [0.29, 0.717) is 19.8 Å². The van der Waals surface area contributed by atoms with E-state index in [0.717, 1.165) is 0 Å². The van der Waals surface area contributed by atoms with Crippen molar-refractivity contribution in [2.24, 2.45) is 0 Å². The van der Waals surface area contributed by atoms with Crippen LogP contribution >= 0.6 is 40.7 Å². The summed E-state index contributed by atoms with van der Waals surface area (Å²) < 4.78 is 17.2. The van der Waals surface area contributed by atoms with Crippen molar-refractivity contribution >= 4 is 48.6 Å². The first-order valence-corrected chi connectivity index (χ1v) is 14.8. The highest BCUT2D eigenvalue weighted by atomic mass is 33.7. The predicted molar refractivity (Wildman–Crippen MR) is 106 cm³/mol. The van der Waals surface area contributed by atoms with Crippen LogP contribution in [0.25, 0.3) is 0 Å². The van der Waals surface area contributed by atoms with Crippen molar-refractivity contribution < 1.29 is 13.3 Å². The number of hydrogen-bond acceptors (Lipinski definition) is 10. The van der Waals surface area contributed by atoms with Gasteiger partial charge in [0.05, 0.1) is 12.4 Å². The molecule has 0 bridgehead atoms. The summed E-state index contributed by atoms with van der Waals surface area (Å²) in [5, 5.41) is 10.1. The lowest BCUT2D eigenvalue weighted by Crippen LogP contribution is -2.42. The summed E-state index contributed by atoms with van der Waals surface area (Å²) in [5.41, 5.74) is 0. The standard InChI is InChI=1S/C9H22O3S4Si.C3H3N3/c1-5-9-13-14-15-16-17(10-6-2,11-7-3)12-8-4;1-2-4-6-5-3-1/h5-9H2,1-4H3;1-3H. The van der Waals surface area contributed by atoms with Gasteiger partial charge in [0.1, 0.15) is 0 Å². The third-order valence-corrected chi connectivity index (χ3v) is 14.8. The highest BCUT2D eigenvalue weighted by molar-refractivity contribution is 9.28. The van der Waals surface area contributed by atoms with Gasteiger partial charge >= 0.3 is 7.95 Å². The monoisotopic (exact) mass is 415 g/mol. The summed E-state index contributed by atoms with van der Waals surface area (Å²) >= 11 is 0. The molecule has 0 aromatic carbocycles. The fraction of sp³-hybridized carbons (Fsp3) is 0.750. The van der Waals surface area contributed by atoms with Gasteiger partial charge in [-0.25, -0.2) is 0 Å². The lowest BCUT2D eigenvalue weighted by Gasteiger charge is -2.25. The zero-order chi connectivity index (χ0) is 17.2. The quantitative estimate of drug-likeness (QED) is 0.277. The van der Waals surface area contributed by atoms with Crippen molar-refractivity contribution in [2.45, 2.75) is 34.1 Å². The van der Waals surface area contributed by atoms with Crippen molar-refractivity contribution in [3.05, 3.63) is 18.5 Å². The molecule has 0 fully saturated rings. The van der Waals surface area contributed by atoms with Crippen LogP contribution in [0.1, 0.15) is 34.1 Å². The van der Waals surface area contributed by atoms with Gasteiger partial charge in [0.25, 0.3) is 0 Å². The van der Waals surface area contributed by atoms with Crippen molar-refractivity contribution in [3.8, 4) is 0 Å². The Balaban J connectivity index is 0.000000664. The molecule has 6 nitrogen and oxygen atoms in total. The normalized spacial score (nSPS) is 11.0. The molecule has 1 rings (SSSR count). The van der Waals surface area contributed by atoms with Crippen molar-refractivity contribution in [1.29, 1.82) is 0 Å². The number of aromatic nitrogens is 3. The maximum atomic E-state index is 5.73. The SMILES string of the molecule is CCCSSSS[Si](OCC)(OCC)OCC.c1cnnnc1. The Kier molecular flexibility index (Phi) is 17.7. The zero-order valence-corrected chi connectivity index (χ0v) is 18.2. The van der Waals surface area contributed by atoms with Crippen molar-refractivity contribution in [3.63, 3.8) is 0 Å². The molecule has 11 heteroatoms. The minimum absolute atomic E-state index is 0.631. The van der Waals surface area contributed by atoms with E-state index in [1.54, 1.807) is 48.4 Å². The molecule has 1 aromatic rings. The molecule has 0 N–H and O–H groups in total. The number of hydrogen-bond donors (Lipinski definition) is 0. The molecule has 23 heavy (non-hydrogen) atoms. The molecule has 0 atom stereocenters. The third kappa shape index (κ3) is 13.5. The molecule has 0 aliphatic rings. The van der Waals surface area contributed by atoms with Crippen LogP contribution in [0.2, 0.25) is 0 Å². The van der Waals surface area contributed by atoms with Crippen molar-refractivity contribution in [2.75, 3.05) is 25.6 Å². The smallest absolute Gasteiger partial charge is 0.365 e. The molecule has 0 amide bonds. The first-order chi connectivity index (χ1) is 11.2. The molecular formula is C12H25N3O3S4Si. The minimum Gasteiger partial charge on any atom is -0.365 e. The van der Waals surface area contributed by atoms with Gasteiger partial charge in [-0.1, -0.05) is 17.7 Å². The van der Waals surface area contributed by atoms with Crippen LogP contribution in [-0.4, -0.2) is 48.9 Å². The molecule has 0 radical (unpaired) electrons. The van der Waals surface area contributed by atoms with Gasteiger partial charge in [-0.2, -0.15) is 0 Å². The average molecular weight is 416 g/mol. The predicted octanol–water partition coefficient (Wildman–Crippen LogP) is 4.49. The van der Waals surface area contributed by atoms with E-state index < -0.39 is 7.95 Å². The molecule has 0 aliphatic carbocycles. The third-order valence-electron chi connectivity index (χ3n) is 1.87. The molecule has 0 unspecified atom stereocenters. The summed E-state index contributed by atoms with van der Waals surface area (Å²) in [6.07, 6.45) is 4.36. The molecule has 0 aliphatic heterocycles. The lowest BCUT2D eigenvalue weighted by molar-refractivity contribution is 0.0971. The fourth-order valence-electron chi connectivity index (χ4n) is 1.12. The maximum absolute atomic E-state index is 5.73. The largest absolute Gasteiger partial charge is 0.585 e. The van der Waals surface area contributed by atoms with E-state index in [-0.39, 0.29) is 0 Å². The Morgan fingerprint density at radius 2 is 1.43 bits per heavy atom. The first kappa shape index (κ1) is 23.5. The van der Waals surface area contributed by atoms with Crippen LogP contribution < -0.4 is 0 Å².